The Labute approximate surface area is 96.6 Å². The van der Waals surface area contributed by atoms with Gasteiger partial charge in [-0.15, -0.1) is 0 Å². The summed E-state index contributed by atoms with van der Waals surface area (Å²) < 4.78 is 0. The zero-order chi connectivity index (χ0) is 11.3. The second-order valence-corrected chi connectivity index (χ2v) is 5.13. The summed E-state index contributed by atoms with van der Waals surface area (Å²) in [5.41, 5.74) is 9.00. The third-order valence-electron chi connectivity index (χ3n) is 2.48. The summed E-state index contributed by atoms with van der Waals surface area (Å²) in [6.45, 7) is 5.27. The van der Waals surface area contributed by atoms with Gasteiger partial charge in [-0.2, -0.15) is 11.8 Å². The van der Waals surface area contributed by atoms with Crippen LogP contribution >= 0.6 is 11.8 Å². The summed E-state index contributed by atoms with van der Waals surface area (Å²) >= 11 is 1.90. The maximum atomic E-state index is 5.90. The molecule has 0 aliphatic heterocycles. The summed E-state index contributed by atoms with van der Waals surface area (Å²) in [4.78, 5) is 0. The molecule has 1 aromatic rings. The molecular weight excluding hydrogens is 204 g/mol. The van der Waals surface area contributed by atoms with Crippen LogP contribution in [-0.4, -0.2) is 18.1 Å². The number of rotatable bonds is 5. The van der Waals surface area contributed by atoms with Gasteiger partial charge in [-0.3, -0.25) is 0 Å². The standard InChI is InChI=1S/C12H20N2S/c1-9-4-5-12(11(13)8-9)14-7-6-10(2)15-3/h4-5,8,10,14H,6-7,13H2,1-3H3. The number of hydrogen-bond donors (Lipinski definition) is 2. The molecule has 1 rings (SSSR count). The summed E-state index contributed by atoms with van der Waals surface area (Å²) in [5.74, 6) is 0. The van der Waals surface area contributed by atoms with E-state index < -0.39 is 0 Å². The normalized spacial score (nSPS) is 12.5. The van der Waals surface area contributed by atoms with Crippen molar-refractivity contribution in [2.24, 2.45) is 0 Å². The molecule has 2 nitrogen and oxygen atoms in total. The van der Waals surface area contributed by atoms with E-state index in [0.29, 0.717) is 5.25 Å². The Bertz CT molecular complexity index is 312. The van der Waals surface area contributed by atoms with Crippen molar-refractivity contribution < 1.29 is 0 Å². The van der Waals surface area contributed by atoms with Gasteiger partial charge >= 0.3 is 0 Å². The monoisotopic (exact) mass is 224 g/mol. The average molecular weight is 224 g/mol. The molecule has 0 radical (unpaired) electrons. The van der Waals surface area contributed by atoms with Crippen LogP contribution in [0, 0.1) is 6.92 Å². The SMILES string of the molecule is CSC(C)CCNc1ccc(C)cc1N. The molecule has 1 aromatic carbocycles. The van der Waals surface area contributed by atoms with E-state index in [1.807, 2.05) is 17.8 Å². The van der Waals surface area contributed by atoms with Crippen LogP contribution in [0.1, 0.15) is 18.9 Å². The maximum Gasteiger partial charge on any atom is 0.0574 e. The van der Waals surface area contributed by atoms with E-state index >= 15 is 0 Å². The summed E-state index contributed by atoms with van der Waals surface area (Å²) in [7, 11) is 0. The van der Waals surface area contributed by atoms with E-state index in [0.717, 1.165) is 24.3 Å². The Kier molecular flexibility index (Phi) is 4.82. The first-order chi connectivity index (χ1) is 7.13. The van der Waals surface area contributed by atoms with Crippen LogP contribution in [0.4, 0.5) is 11.4 Å². The van der Waals surface area contributed by atoms with E-state index in [2.05, 4.69) is 37.6 Å². The van der Waals surface area contributed by atoms with Crippen molar-refractivity contribution >= 4 is 23.1 Å². The first-order valence-corrected chi connectivity index (χ1v) is 6.55. The van der Waals surface area contributed by atoms with Crippen LogP contribution < -0.4 is 11.1 Å². The van der Waals surface area contributed by atoms with Crippen molar-refractivity contribution in [2.45, 2.75) is 25.5 Å². The Hall–Kier alpha value is -0.830. The third kappa shape index (κ3) is 4.04. The molecule has 0 amide bonds. The Balaban J connectivity index is 2.44. The first-order valence-electron chi connectivity index (χ1n) is 5.26. The molecule has 0 aromatic heterocycles. The summed E-state index contributed by atoms with van der Waals surface area (Å²) in [6.07, 6.45) is 3.30. The van der Waals surface area contributed by atoms with E-state index in [1.165, 1.54) is 5.56 Å². The molecule has 0 bridgehead atoms. The topological polar surface area (TPSA) is 38.0 Å². The molecule has 1 atom stereocenters. The van der Waals surface area contributed by atoms with Gasteiger partial charge in [0.25, 0.3) is 0 Å². The highest BCUT2D eigenvalue weighted by Crippen LogP contribution is 2.19. The van der Waals surface area contributed by atoms with E-state index in [4.69, 9.17) is 5.73 Å². The largest absolute Gasteiger partial charge is 0.397 e. The second-order valence-electron chi connectivity index (χ2n) is 3.85. The fraction of sp³-hybridized carbons (Fsp3) is 0.500. The molecule has 0 heterocycles. The van der Waals surface area contributed by atoms with Gasteiger partial charge in [0.05, 0.1) is 11.4 Å². The molecule has 0 saturated heterocycles. The maximum absolute atomic E-state index is 5.90. The number of anilines is 2. The molecule has 0 spiro atoms. The van der Waals surface area contributed by atoms with Crippen molar-refractivity contribution in [1.82, 2.24) is 0 Å². The fourth-order valence-corrected chi connectivity index (χ4v) is 1.72. The van der Waals surface area contributed by atoms with Crippen molar-refractivity contribution in [3.63, 3.8) is 0 Å². The highest BCUT2D eigenvalue weighted by molar-refractivity contribution is 7.99. The van der Waals surface area contributed by atoms with Gasteiger partial charge in [0.15, 0.2) is 0 Å². The lowest BCUT2D eigenvalue weighted by Crippen LogP contribution is -2.09. The summed E-state index contributed by atoms with van der Waals surface area (Å²) in [6, 6.07) is 6.13. The van der Waals surface area contributed by atoms with Crippen molar-refractivity contribution in [2.75, 3.05) is 23.9 Å². The van der Waals surface area contributed by atoms with Crippen molar-refractivity contribution in [3.05, 3.63) is 23.8 Å². The lowest BCUT2D eigenvalue weighted by atomic mass is 10.2. The van der Waals surface area contributed by atoms with Gasteiger partial charge in [0.1, 0.15) is 0 Å². The third-order valence-corrected chi connectivity index (χ3v) is 3.52. The molecule has 0 fully saturated rings. The Morgan fingerprint density at radius 3 is 2.80 bits per heavy atom. The number of nitrogens with one attached hydrogen (secondary N) is 1. The van der Waals surface area contributed by atoms with Crippen LogP contribution in [0.25, 0.3) is 0 Å². The average Bonchev–Trinajstić information content (AvgIpc) is 2.21. The number of benzene rings is 1. The number of nitrogens with two attached hydrogens (primary N) is 1. The molecule has 3 N–H and O–H groups in total. The van der Waals surface area contributed by atoms with Gasteiger partial charge in [0, 0.05) is 11.8 Å². The van der Waals surface area contributed by atoms with Gasteiger partial charge < -0.3 is 11.1 Å². The molecule has 0 aliphatic carbocycles. The summed E-state index contributed by atoms with van der Waals surface area (Å²) in [5, 5.41) is 4.07. The molecule has 84 valence electrons. The van der Waals surface area contributed by atoms with Crippen molar-refractivity contribution in [3.8, 4) is 0 Å². The minimum Gasteiger partial charge on any atom is -0.397 e. The predicted molar refractivity (Wildman–Crippen MR) is 71.7 cm³/mol. The van der Waals surface area contributed by atoms with Gasteiger partial charge in [0.2, 0.25) is 0 Å². The number of thioether (sulfide) groups is 1. The molecule has 15 heavy (non-hydrogen) atoms. The van der Waals surface area contributed by atoms with E-state index in [-0.39, 0.29) is 0 Å². The smallest absolute Gasteiger partial charge is 0.0574 e. The lowest BCUT2D eigenvalue weighted by Gasteiger charge is -2.12. The van der Waals surface area contributed by atoms with Crippen LogP contribution in [0.2, 0.25) is 0 Å². The van der Waals surface area contributed by atoms with Crippen LogP contribution in [-0.2, 0) is 0 Å². The Morgan fingerprint density at radius 2 is 2.20 bits per heavy atom. The van der Waals surface area contributed by atoms with Crippen molar-refractivity contribution in [1.29, 1.82) is 0 Å². The molecule has 1 unspecified atom stereocenters. The molecule has 3 heteroatoms. The molecule has 0 aliphatic rings. The zero-order valence-corrected chi connectivity index (χ0v) is 10.5. The quantitative estimate of drug-likeness (QED) is 0.755. The first kappa shape index (κ1) is 12.2. The highest BCUT2D eigenvalue weighted by atomic mass is 32.2. The van der Waals surface area contributed by atoms with Gasteiger partial charge in [-0.1, -0.05) is 13.0 Å². The number of aryl methyl sites for hydroxylation is 1. The minimum atomic E-state index is 0.698. The predicted octanol–water partition coefficient (Wildman–Crippen LogP) is 3.13. The Morgan fingerprint density at radius 1 is 1.47 bits per heavy atom. The molecular formula is C12H20N2S. The van der Waals surface area contributed by atoms with E-state index in [9.17, 15) is 0 Å². The highest BCUT2D eigenvalue weighted by Gasteiger charge is 2.01. The minimum absolute atomic E-state index is 0.698. The number of hydrogen-bond acceptors (Lipinski definition) is 3. The zero-order valence-electron chi connectivity index (χ0n) is 9.71. The van der Waals surface area contributed by atoms with Crippen LogP contribution in [0.3, 0.4) is 0 Å². The van der Waals surface area contributed by atoms with E-state index in [1.54, 1.807) is 0 Å². The van der Waals surface area contributed by atoms with Crippen LogP contribution in [0.15, 0.2) is 18.2 Å². The van der Waals surface area contributed by atoms with Crippen LogP contribution in [0.5, 0.6) is 0 Å². The number of nitrogen functional groups attached to an aromatic ring is 1. The van der Waals surface area contributed by atoms with Gasteiger partial charge in [-0.05, 0) is 37.3 Å². The fourth-order valence-electron chi connectivity index (χ4n) is 1.37. The lowest BCUT2D eigenvalue weighted by molar-refractivity contribution is 0.854. The second kappa shape index (κ2) is 5.91. The molecule has 0 saturated carbocycles. The van der Waals surface area contributed by atoms with Gasteiger partial charge in [-0.25, -0.2) is 0 Å².